The third-order valence-corrected chi connectivity index (χ3v) is 3.83. The molecule has 96 valence electrons. The lowest BCUT2D eigenvalue weighted by molar-refractivity contribution is 0.481. The first-order valence-electron chi connectivity index (χ1n) is 5.96. The summed E-state index contributed by atoms with van der Waals surface area (Å²) >= 11 is 0. The van der Waals surface area contributed by atoms with Gasteiger partial charge in [0.25, 0.3) is 10.1 Å². The van der Waals surface area contributed by atoms with Gasteiger partial charge in [0.1, 0.15) is 0 Å². The zero-order valence-corrected chi connectivity index (χ0v) is 11.2. The number of benzene rings is 1. The second-order valence-corrected chi connectivity index (χ2v) is 6.01. The van der Waals surface area contributed by atoms with E-state index in [1.807, 2.05) is 12.1 Å². The molecule has 1 atom stereocenters. The van der Waals surface area contributed by atoms with Gasteiger partial charge in [0.15, 0.2) is 0 Å². The largest absolute Gasteiger partial charge is 0.286 e. The first-order valence-corrected chi connectivity index (χ1v) is 7.57. The average molecular weight is 256 g/mol. The summed E-state index contributed by atoms with van der Waals surface area (Å²) in [6.45, 7) is 4.35. The highest BCUT2D eigenvalue weighted by Crippen LogP contribution is 2.19. The van der Waals surface area contributed by atoms with Gasteiger partial charge in [0.05, 0.1) is 5.75 Å². The van der Waals surface area contributed by atoms with E-state index in [9.17, 15) is 8.42 Å². The summed E-state index contributed by atoms with van der Waals surface area (Å²) in [5, 5.41) is 0. The third-order valence-electron chi connectivity index (χ3n) is 3.03. The summed E-state index contributed by atoms with van der Waals surface area (Å²) in [5.74, 6) is 0.391. The minimum Gasteiger partial charge on any atom is -0.286 e. The minimum atomic E-state index is -3.82. The van der Waals surface area contributed by atoms with Gasteiger partial charge < -0.3 is 0 Å². The monoisotopic (exact) mass is 256 g/mol. The molecule has 0 amide bonds. The predicted molar refractivity (Wildman–Crippen MR) is 69.9 cm³/mol. The molecule has 0 bridgehead atoms. The first kappa shape index (κ1) is 14.2. The molecule has 1 aromatic rings. The molecular formula is C13H20O3S. The Hall–Kier alpha value is -0.870. The van der Waals surface area contributed by atoms with Gasteiger partial charge in [-0.1, -0.05) is 38.1 Å². The van der Waals surface area contributed by atoms with Gasteiger partial charge in [-0.2, -0.15) is 8.42 Å². The SMILES string of the molecule is CCC(C)c1ccc(CCCS(=O)(=O)O)cc1. The molecule has 0 heterocycles. The Balaban J connectivity index is 2.51. The number of rotatable bonds is 6. The molecule has 1 rings (SSSR count). The van der Waals surface area contributed by atoms with Gasteiger partial charge >= 0.3 is 0 Å². The van der Waals surface area contributed by atoms with Crippen LogP contribution >= 0.6 is 0 Å². The Kier molecular flexibility index (Phi) is 5.15. The number of aryl methyl sites for hydroxylation is 1. The Bertz CT molecular complexity index is 434. The second-order valence-electron chi connectivity index (χ2n) is 4.44. The Labute approximate surface area is 104 Å². The summed E-state index contributed by atoms with van der Waals surface area (Å²) in [4.78, 5) is 0. The topological polar surface area (TPSA) is 54.4 Å². The van der Waals surface area contributed by atoms with Crippen LogP contribution in [0.4, 0.5) is 0 Å². The Morgan fingerprint density at radius 3 is 2.29 bits per heavy atom. The van der Waals surface area contributed by atoms with Crippen molar-refractivity contribution in [1.29, 1.82) is 0 Å². The summed E-state index contributed by atoms with van der Waals surface area (Å²) in [6.07, 6.45) is 2.25. The molecule has 17 heavy (non-hydrogen) atoms. The molecule has 0 aliphatic heterocycles. The van der Waals surface area contributed by atoms with Crippen molar-refractivity contribution in [2.24, 2.45) is 0 Å². The zero-order chi connectivity index (χ0) is 12.9. The van der Waals surface area contributed by atoms with Gasteiger partial charge in [0, 0.05) is 0 Å². The lowest BCUT2D eigenvalue weighted by Gasteiger charge is -2.09. The van der Waals surface area contributed by atoms with E-state index >= 15 is 0 Å². The third kappa shape index (κ3) is 5.33. The molecule has 0 aliphatic rings. The normalized spacial score (nSPS) is 13.6. The van der Waals surface area contributed by atoms with E-state index in [-0.39, 0.29) is 5.75 Å². The van der Waals surface area contributed by atoms with E-state index in [0.717, 1.165) is 12.0 Å². The fourth-order valence-electron chi connectivity index (χ4n) is 1.71. The number of hydrogen-bond donors (Lipinski definition) is 1. The van der Waals surface area contributed by atoms with Gasteiger partial charge in [-0.25, -0.2) is 0 Å². The van der Waals surface area contributed by atoms with Crippen molar-refractivity contribution < 1.29 is 13.0 Å². The van der Waals surface area contributed by atoms with E-state index in [4.69, 9.17) is 4.55 Å². The molecule has 0 radical (unpaired) electrons. The average Bonchev–Trinajstić information content (AvgIpc) is 2.27. The van der Waals surface area contributed by atoms with Crippen LogP contribution in [-0.4, -0.2) is 18.7 Å². The van der Waals surface area contributed by atoms with Crippen molar-refractivity contribution in [3.63, 3.8) is 0 Å². The van der Waals surface area contributed by atoms with Crippen molar-refractivity contribution in [2.45, 2.75) is 39.0 Å². The van der Waals surface area contributed by atoms with E-state index in [1.54, 1.807) is 0 Å². The Morgan fingerprint density at radius 2 is 1.82 bits per heavy atom. The van der Waals surface area contributed by atoms with Crippen molar-refractivity contribution >= 4 is 10.1 Å². The summed E-state index contributed by atoms with van der Waals surface area (Å²) in [6, 6.07) is 8.25. The molecule has 0 saturated carbocycles. The molecule has 1 N–H and O–H groups in total. The van der Waals surface area contributed by atoms with E-state index in [0.29, 0.717) is 18.8 Å². The lowest BCUT2D eigenvalue weighted by atomic mass is 9.97. The van der Waals surface area contributed by atoms with Crippen LogP contribution in [0.5, 0.6) is 0 Å². The minimum absolute atomic E-state index is 0.167. The van der Waals surface area contributed by atoms with Crippen molar-refractivity contribution in [3.8, 4) is 0 Å². The maximum absolute atomic E-state index is 10.6. The summed E-state index contributed by atoms with van der Waals surface area (Å²) in [7, 11) is -3.82. The second kappa shape index (κ2) is 6.17. The van der Waals surface area contributed by atoms with Crippen molar-refractivity contribution in [3.05, 3.63) is 35.4 Å². The summed E-state index contributed by atoms with van der Waals surface area (Å²) < 4.78 is 29.7. The highest BCUT2D eigenvalue weighted by atomic mass is 32.2. The van der Waals surface area contributed by atoms with Crippen LogP contribution in [0, 0.1) is 0 Å². The highest BCUT2D eigenvalue weighted by molar-refractivity contribution is 7.85. The molecule has 1 aromatic carbocycles. The molecule has 0 fully saturated rings. The lowest BCUT2D eigenvalue weighted by Crippen LogP contribution is -2.04. The van der Waals surface area contributed by atoms with E-state index in [2.05, 4.69) is 26.0 Å². The van der Waals surface area contributed by atoms with Crippen molar-refractivity contribution in [1.82, 2.24) is 0 Å². The molecule has 0 saturated heterocycles. The van der Waals surface area contributed by atoms with E-state index < -0.39 is 10.1 Å². The number of hydrogen-bond acceptors (Lipinski definition) is 2. The van der Waals surface area contributed by atoms with Gasteiger partial charge in [0.2, 0.25) is 0 Å². The van der Waals surface area contributed by atoms with Crippen molar-refractivity contribution in [2.75, 3.05) is 5.75 Å². The van der Waals surface area contributed by atoms with Crippen LogP contribution in [-0.2, 0) is 16.5 Å². The Morgan fingerprint density at radius 1 is 1.24 bits per heavy atom. The van der Waals surface area contributed by atoms with Gasteiger partial charge in [-0.3, -0.25) is 4.55 Å². The molecular weight excluding hydrogens is 236 g/mol. The smallest absolute Gasteiger partial charge is 0.264 e. The van der Waals surface area contributed by atoms with Crippen LogP contribution in [0.15, 0.2) is 24.3 Å². The standard InChI is InChI=1S/C13H20O3S/c1-3-11(2)13-8-6-12(7-9-13)5-4-10-17(14,15)16/h6-9,11H,3-5,10H2,1-2H3,(H,14,15,16). The van der Waals surface area contributed by atoms with E-state index in [1.165, 1.54) is 5.56 Å². The molecule has 3 nitrogen and oxygen atoms in total. The van der Waals surface area contributed by atoms with Gasteiger partial charge in [-0.15, -0.1) is 0 Å². The predicted octanol–water partition coefficient (Wildman–Crippen LogP) is 3.02. The molecule has 0 spiro atoms. The van der Waals surface area contributed by atoms with Crippen LogP contribution in [0.3, 0.4) is 0 Å². The zero-order valence-electron chi connectivity index (χ0n) is 10.4. The van der Waals surface area contributed by atoms with Crippen LogP contribution < -0.4 is 0 Å². The van der Waals surface area contributed by atoms with Gasteiger partial charge in [-0.05, 0) is 36.3 Å². The van der Waals surface area contributed by atoms with Crippen LogP contribution in [0.25, 0.3) is 0 Å². The van der Waals surface area contributed by atoms with Crippen LogP contribution in [0.2, 0.25) is 0 Å². The molecule has 4 heteroatoms. The fourth-order valence-corrected chi connectivity index (χ4v) is 2.22. The highest BCUT2D eigenvalue weighted by Gasteiger charge is 2.05. The maximum Gasteiger partial charge on any atom is 0.264 e. The fraction of sp³-hybridized carbons (Fsp3) is 0.538. The van der Waals surface area contributed by atoms with Crippen LogP contribution in [0.1, 0.15) is 43.7 Å². The quantitative estimate of drug-likeness (QED) is 0.796. The molecule has 1 unspecified atom stereocenters. The maximum atomic E-state index is 10.6. The molecule has 0 aromatic heterocycles. The first-order chi connectivity index (χ1) is 7.92. The summed E-state index contributed by atoms with van der Waals surface area (Å²) in [5.41, 5.74) is 2.42. The molecule has 0 aliphatic carbocycles.